The van der Waals surface area contributed by atoms with Crippen molar-refractivity contribution in [2.75, 3.05) is 13.7 Å². The molecule has 1 saturated heterocycles. The number of carbonyl (C=O) groups excluding carboxylic acids is 1. The second kappa shape index (κ2) is 10.7. The molecule has 0 saturated carbocycles. The van der Waals surface area contributed by atoms with Crippen molar-refractivity contribution in [3.63, 3.8) is 0 Å². The number of amides is 1. The average Bonchev–Trinajstić information content (AvgIpc) is 3.45. The van der Waals surface area contributed by atoms with E-state index in [2.05, 4.69) is 10.2 Å². The highest BCUT2D eigenvalue weighted by Gasteiger charge is 2.38. The summed E-state index contributed by atoms with van der Waals surface area (Å²) in [7, 11) is 1.62. The minimum atomic E-state index is -1.88. The second-order valence-corrected chi connectivity index (χ2v) is 9.42. The van der Waals surface area contributed by atoms with Crippen LogP contribution in [0.5, 0.6) is 5.75 Å². The van der Waals surface area contributed by atoms with Gasteiger partial charge in [-0.2, -0.15) is 5.10 Å². The number of piperidine rings is 1. The molecule has 4 aromatic rings. The summed E-state index contributed by atoms with van der Waals surface area (Å²) >= 11 is 0. The Morgan fingerprint density at radius 1 is 0.974 bits per heavy atom. The topological polar surface area (TPSA) is 80.5 Å². The van der Waals surface area contributed by atoms with Gasteiger partial charge in [0, 0.05) is 12.6 Å². The minimum absolute atomic E-state index is 0.0350. The number of nitrogens with zero attached hydrogens (tertiary/aromatic N) is 4. The van der Waals surface area contributed by atoms with E-state index in [0.717, 1.165) is 35.4 Å². The number of methoxy groups -OCH3 is 1. The van der Waals surface area contributed by atoms with E-state index < -0.39 is 23.3 Å². The maximum absolute atomic E-state index is 13.7. The maximum atomic E-state index is 13.7. The number of ether oxygens (including phenoxy) is 1. The smallest absolute Gasteiger partial charge is 0.362 e. The molecule has 1 amide bonds. The van der Waals surface area contributed by atoms with Gasteiger partial charge in [-0.05, 0) is 78.8 Å². The standard InChI is InChI=1S/C29H28F2N4O3/c1-38-26-15-5-20(6-16-26)18-25-4-2-3-17-34(25)28(36)35-32-19-27(33-35)29(37,21-7-11-23(30)12-8-21)22-9-13-24(31)14-10-22/h5-16,19,25,37H,2-4,17-18H2,1H3. The number of hydrogen-bond acceptors (Lipinski definition) is 5. The molecule has 1 fully saturated rings. The van der Waals surface area contributed by atoms with Gasteiger partial charge in [-0.1, -0.05) is 41.2 Å². The Hall–Kier alpha value is -4.11. The van der Waals surface area contributed by atoms with Crippen LogP contribution < -0.4 is 4.74 Å². The number of carbonyl (C=O) groups is 1. The van der Waals surface area contributed by atoms with Crippen LogP contribution in [0.15, 0.2) is 79.0 Å². The van der Waals surface area contributed by atoms with E-state index in [-0.39, 0.29) is 11.7 Å². The predicted molar refractivity (Wildman–Crippen MR) is 137 cm³/mol. The van der Waals surface area contributed by atoms with Crippen LogP contribution in [0.25, 0.3) is 0 Å². The Kier molecular flexibility index (Phi) is 7.20. The highest BCUT2D eigenvalue weighted by Crippen LogP contribution is 2.35. The van der Waals surface area contributed by atoms with Crippen molar-refractivity contribution in [1.82, 2.24) is 19.9 Å². The van der Waals surface area contributed by atoms with Crippen LogP contribution in [0.1, 0.15) is 41.6 Å². The van der Waals surface area contributed by atoms with Gasteiger partial charge in [0.1, 0.15) is 23.1 Å². The number of likely N-dealkylation sites (tertiary alicyclic amines) is 1. The summed E-state index contributed by atoms with van der Waals surface area (Å²) in [6.45, 7) is 0.566. The second-order valence-electron chi connectivity index (χ2n) is 9.42. The Labute approximate surface area is 219 Å². The Morgan fingerprint density at radius 2 is 1.58 bits per heavy atom. The van der Waals surface area contributed by atoms with E-state index in [9.17, 15) is 18.7 Å². The zero-order valence-corrected chi connectivity index (χ0v) is 20.9. The first-order valence-electron chi connectivity index (χ1n) is 12.5. The molecule has 2 heterocycles. The molecule has 38 heavy (non-hydrogen) atoms. The van der Waals surface area contributed by atoms with Crippen molar-refractivity contribution in [1.29, 1.82) is 0 Å². The van der Waals surface area contributed by atoms with Crippen LogP contribution in [0.4, 0.5) is 13.6 Å². The van der Waals surface area contributed by atoms with Crippen LogP contribution in [0.3, 0.4) is 0 Å². The van der Waals surface area contributed by atoms with Gasteiger partial charge in [0.15, 0.2) is 5.60 Å². The van der Waals surface area contributed by atoms with Crippen LogP contribution in [0, 0.1) is 11.6 Å². The molecule has 0 spiro atoms. The number of aromatic nitrogens is 3. The van der Waals surface area contributed by atoms with Gasteiger partial charge in [-0.15, -0.1) is 5.10 Å². The van der Waals surface area contributed by atoms with Crippen molar-refractivity contribution in [3.05, 3.63) is 113 Å². The lowest BCUT2D eigenvalue weighted by molar-refractivity contribution is 0.119. The molecule has 1 atom stereocenters. The Balaban J connectivity index is 1.45. The third-order valence-corrected chi connectivity index (χ3v) is 7.06. The average molecular weight is 519 g/mol. The molecule has 196 valence electrons. The van der Waals surface area contributed by atoms with E-state index in [1.165, 1.54) is 54.7 Å². The third-order valence-electron chi connectivity index (χ3n) is 7.06. The molecular formula is C29H28F2N4O3. The SMILES string of the molecule is COc1ccc(CC2CCCCN2C(=O)n2ncc(C(O)(c3ccc(F)cc3)c3ccc(F)cc3)n2)cc1. The fraction of sp³-hybridized carbons (Fsp3) is 0.276. The number of benzene rings is 3. The van der Waals surface area contributed by atoms with E-state index in [1.54, 1.807) is 12.0 Å². The summed E-state index contributed by atoms with van der Waals surface area (Å²) in [5, 5.41) is 20.5. The van der Waals surface area contributed by atoms with Gasteiger partial charge in [0.05, 0.1) is 13.3 Å². The summed E-state index contributed by atoms with van der Waals surface area (Å²) in [6, 6.07) is 17.9. The molecule has 9 heteroatoms. The first-order valence-corrected chi connectivity index (χ1v) is 12.5. The van der Waals surface area contributed by atoms with Gasteiger partial charge in [-0.3, -0.25) is 0 Å². The molecule has 1 N–H and O–H groups in total. The fourth-order valence-corrected chi connectivity index (χ4v) is 4.98. The van der Waals surface area contributed by atoms with E-state index in [0.29, 0.717) is 24.1 Å². The summed E-state index contributed by atoms with van der Waals surface area (Å²) in [5.74, 6) is -0.169. The van der Waals surface area contributed by atoms with Crippen molar-refractivity contribution >= 4 is 6.03 Å². The lowest BCUT2D eigenvalue weighted by atomic mass is 9.84. The van der Waals surface area contributed by atoms with E-state index in [1.807, 2.05) is 24.3 Å². The first kappa shape index (κ1) is 25.5. The molecule has 1 aromatic heterocycles. The quantitative estimate of drug-likeness (QED) is 0.392. The molecule has 0 aliphatic carbocycles. The largest absolute Gasteiger partial charge is 0.497 e. The summed E-state index contributed by atoms with van der Waals surface area (Å²) < 4.78 is 32.6. The summed E-state index contributed by atoms with van der Waals surface area (Å²) in [6.07, 6.45) is 4.72. The molecular weight excluding hydrogens is 490 g/mol. The molecule has 7 nitrogen and oxygen atoms in total. The van der Waals surface area contributed by atoms with Crippen LogP contribution in [-0.2, 0) is 12.0 Å². The first-order chi connectivity index (χ1) is 18.4. The van der Waals surface area contributed by atoms with E-state index >= 15 is 0 Å². The number of aliphatic hydroxyl groups is 1. The number of rotatable bonds is 6. The van der Waals surface area contributed by atoms with Gasteiger partial charge < -0.3 is 14.7 Å². The molecule has 5 rings (SSSR count). The molecule has 1 aliphatic heterocycles. The predicted octanol–water partition coefficient (Wildman–Crippen LogP) is 4.91. The van der Waals surface area contributed by atoms with Gasteiger partial charge in [-0.25, -0.2) is 13.6 Å². The van der Waals surface area contributed by atoms with E-state index in [4.69, 9.17) is 4.74 Å². The normalized spacial score (nSPS) is 15.9. The number of hydrogen-bond donors (Lipinski definition) is 1. The lowest BCUT2D eigenvalue weighted by Crippen LogP contribution is -2.47. The fourth-order valence-electron chi connectivity index (χ4n) is 4.98. The maximum Gasteiger partial charge on any atom is 0.362 e. The van der Waals surface area contributed by atoms with Gasteiger partial charge in [0.25, 0.3) is 0 Å². The Morgan fingerprint density at radius 3 is 2.16 bits per heavy atom. The Bertz CT molecular complexity index is 1340. The van der Waals surface area contributed by atoms with Crippen molar-refractivity contribution in [2.45, 2.75) is 37.3 Å². The highest BCUT2D eigenvalue weighted by atomic mass is 19.1. The van der Waals surface area contributed by atoms with Crippen LogP contribution in [-0.4, -0.2) is 50.7 Å². The zero-order valence-electron chi connectivity index (χ0n) is 20.9. The molecule has 1 unspecified atom stereocenters. The minimum Gasteiger partial charge on any atom is -0.497 e. The summed E-state index contributed by atoms with van der Waals surface area (Å²) in [4.78, 5) is 16.3. The molecule has 3 aromatic carbocycles. The summed E-state index contributed by atoms with van der Waals surface area (Å²) in [5.41, 5.74) is -0.121. The lowest BCUT2D eigenvalue weighted by Gasteiger charge is -2.35. The molecule has 0 bridgehead atoms. The van der Waals surface area contributed by atoms with Crippen molar-refractivity contribution < 1.29 is 23.4 Å². The van der Waals surface area contributed by atoms with Gasteiger partial charge >= 0.3 is 6.03 Å². The monoisotopic (exact) mass is 518 g/mol. The zero-order chi connectivity index (χ0) is 26.7. The number of halogens is 2. The van der Waals surface area contributed by atoms with Gasteiger partial charge in [0.2, 0.25) is 0 Å². The van der Waals surface area contributed by atoms with Crippen LogP contribution in [0.2, 0.25) is 0 Å². The molecule has 0 radical (unpaired) electrons. The third kappa shape index (κ3) is 5.02. The van der Waals surface area contributed by atoms with Crippen LogP contribution >= 0.6 is 0 Å². The van der Waals surface area contributed by atoms with Crippen molar-refractivity contribution in [3.8, 4) is 5.75 Å². The highest BCUT2D eigenvalue weighted by molar-refractivity contribution is 5.75. The van der Waals surface area contributed by atoms with Crippen molar-refractivity contribution in [2.24, 2.45) is 0 Å². The molecule has 1 aliphatic rings.